The summed E-state index contributed by atoms with van der Waals surface area (Å²) in [5.74, 6) is 0.0638. The van der Waals surface area contributed by atoms with Crippen LogP contribution in [0.5, 0.6) is 0 Å². The maximum Gasteiger partial charge on any atom is 0.356 e. The molecule has 7 nitrogen and oxygen atoms in total. The number of carboxylic acid groups (broad SMARTS) is 1. The fourth-order valence-corrected chi connectivity index (χ4v) is 1.46. The van der Waals surface area contributed by atoms with Crippen molar-refractivity contribution in [1.82, 2.24) is 20.1 Å². The number of aromatic nitrogens is 4. The molecule has 82 valence electrons. The fourth-order valence-electron chi connectivity index (χ4n) is 1.46. The van der Waals surface area contributed by atoms with Gasteiger partial charge in [0.15, 0.2) is 11.5 Å². The Morgan fingerprint density at radius 1 is 1.56 bits per heavy atom. The molecule has 16 heavy (non-hydrogen) atoms. The number of carbonyl (C=O) groups is 1. The number of rotatable bonds is 3. The lowest BCUT2D eigenvalue weighted by Crippen LogP contribution is -1.99. The van der Waals surface area contributed by atoms with E-state index in [1.807, 2.05) is 0 Å². The summed E-state index contributed by atoms with van der Waals surface area (Å²) in [7, 11) is 0. The van der Waals surface area contributed by atoms with Crippen LogP contribution in [0.3, 0.4) is 0 Å². The Labute approximate surface area is 89.5 Å². The van der Waals surface area contributed by atoms with Crippen molar-refractivity contribution in [2.45, 2.75) is 18.8 Å². The Kier molecular flexibility index (Phi) is 1.79. The number of imidazole rings is 1. The molecule has 1 fully saturated rings. The summed E-state index contributed by atoms with van der Waals surface area (Å²) < 4.78 is 5.01. The number of carboxylic acids is 1. The maximum absolute atomic E-state index is 10.8. The number of aromatic amines is 1. The predicted octanol–water partition coefficient (Wildman–Crippen LogP) is 1.04. The van der Waals surface area contributed by atoms with Crippen molar-refractivity contribution in [2.24, 2.45) is 0 Å². The molecule has 1 saturated carbocycles. The van der Waals surface area contributed by atoms with Gasteiger partial charge in [0.1, 0.15) is 5.69 Å². The number of aromatic carboxylic acids is 1. The lowest BCUT2D eigenvalue weighted by molar-refractivity contribution is 0.0691. The number of nitrogens with zero attached hydrogens (tertiary/aromatic N) is 3. The molecule has 1 aliphatic rings. The van der Waals surface area contributed by atoms with Crippen LogP contribution >= 0.6 is 0 Å². The first-order valence-electron chi connectivity index (χ1n) is 4.86. The first-order chi connectivity index (χ1) is 7.75. The van der Waals surface area contributed by atoms with Gasteiger partial charge in [0.2, 0.25) is 0 Å². The number of H-pyrrole nitrogens is 1. The Balaban J connectivity index is 2.00. The van der Waals surface area contributed by atoms with Gasteiger partial charge in [-0.25, -0.2) is 9.78 Å². The van der Waals surface area contributed by atoms with Gasteiger partial charge >= 0.3 is 5.97 Å². The molecule has 2 aromatic rings. The molecule has 2 N–H and O–H groups in total. The van der Waals surface area contributed by atoms with Gasteiger partial charge in [-0.2, -0.15) is 4.98 Å². The van der Waals surface area contributed by atoms with Gasteiger partial charge in [0.05, 0.1) is 6.33 Å². The van der Waals surface area contributed by atoms with Crippen LogP contribution in [-0.2, 0) is 0 Å². The molecule has 0 spiro atoms. The van der Waals surface area contributed by atoms with Gasteiger partial charge in [0.25, 0.3) is 5.89 Å². The highest BCUT2D eigenvalue weighted by Crippen LogP contribution is 2.38. The van der Waals surface area contributed by atoms with Crippen molar-refractivity contribution < 1.29 is 14.4 Å². The van der Waals surface area contributed by atoms with Gasteiger partial charge in [0, 0.05) is 5.92 Å². The predicted molar refractivity (Wildman–Crippen MR) is 50.8 cm³/mol. The second-order valence-corrected chi connectivity index (χ2v) is 3.66. The fraction of sp³-hybridized carbons (Fsp3) is 0.333. The second kappa shape index (κ2) is 3.16. The van der Waals surface area contributed by atoms with Crippen LogP contribution in [0.25, 0.3) is 11.6 Å². The zero-order valence-electron chi connectivity index (χ0n) is 8.17. The van der Waals surface area contributed by atoms with Crippen LogP contribution < -0.4 is 0 Å². The lowest BCUT2D eigenvalue weighted by atomic mass is 10.3. The zero-order chi connectivity index (χ0) is 11.1. The van der Waals surface area contributed by atoms with Crippen molar-refractivity contribution in [2.75, 3.05) is 0 Å². The van der Waals surface area contributed by atoms with E-state index in [1.54, 1.807) is 0 Å². The summed E-state index contributed by atoms with van der Waals surface area (Å²) in [6.45, 7) is 0. The van der Waals surface area contributed by atoms with Gasteiger partial charge in [-0.15, -0.1) is 0 Å². The standard InChI is InChI=1S/C9H8N4O3/c14-9(15)6-5(10-3-11-6)8-12-7(13-16-8)4-1-2-4/h3-4H,1-2H2,(H,10,11)(H,14,15). The summed E-state index contributed by atoms with van der Waals surface area (Å²) in [5, 5.41) is 12.7. The van der Waals surface area contributed by atoms with Crippen LogP contribution in [0.2, 0.25) is 0 Å². The Morgan fingerprint density at radius 3 is 3.06 bits per heavy atom. The minimum Gasteiger partial charge on any atom is -0.476 e. The van der Waals surface area contributed by atoms with E-state index in [1.165, 1.54) is 6.33 Å². The van der Waals surface area contributed by atoms with E-state index in [9.17, 15) is 4.79 Å². The maximum atomic E-state index is 10.8. The monoisotopic (exact) mass is 220 g/mol. The largest absolute Gasteiger partial charge is 0.476 e. The molecule has 0 saturated heterocycles. The molecule has 0 unspecified atom stereocenters. The summed E-state index contributed by atoms with van der Waals surface area (Å²) in [5.41, 5.74) is 0.151. The molecular formula is C9H8N4O3. The number of hydrogen-bond donors (Lipinski definition) is 2. The minimum atomic E-state index is -1.12. The highest BCUT2D eigenvalue weighted by atomic mass is 16.5. The topological polar surface area (TPSA) is 105 Å². The van der Waals surface area contributed by atoms with E-state index in [0.717, 1.165) is 12.8 Å². The summed E-state index contributed by atoms with van der Waals surface area (Å²) in [6.07, 6.45) is 3.42. The highest BCUT2D eigenvalue weighted by Gasteiger charge is 2.30. The molecular weight excluding hydrogens is 212 g/mol. The normalized spacial score (nSPS) is 15.2. The quantitative estimate of drug-likeness (QED) is 0.800. The van der Waals surface area contributed by atoms with Crippen molar-refractivity contribution in [3.8, 4) is 11.6 Å². The first-order valence-corrected chi connectivity index (χ1v) is 4.86. The third kappa shape index (κ3) is 1.37. The molecule has 2 aromatic heterocycles. The third-order valence-corrected chi connectivity index (χ3v) is 2.44. The van der Waals surface area contributed by atoms with Gasteiger partial charge in [-0.1, -0.05) is 5.16 Å². The van der Waals surface area contributed by atoms with Crippen molar-refractivity contribution >= 4 is 5.97 Å². The molecule has 0 bridgehead atoms. The lowest BCUT2D eigenvalue weighted by Gasteiger charge is -1.90. The van der Waals surface area contributed by atoms with Crippen LogP contribution in [0.15, 0.2) is 10.9 Å². The van der Waals surface area contributed by atoms with E-state index in [0.29, 0.717) is 11.7 Å². The molecule has 1 aliphatic carbocycles. The molecule has 0 aromatic carbocycles. The Bertz CT molecular complexity index is 540. The first kappa shape index (κ1) is 9.08. The smallest absolute Gasteiger partial charge is 0.356 e. The molecule has 2 heterocycles. The molecule has 0 amide bonds. The van der Waals surface area contributed by atoms with Crippen molar-refractivity contribution in [1.29, 1.82) is 0 Å². The van der Waals surface area contributed by atoms with E-state index in [2.05, 4.69) is 20.1 Å². The van der Waals surface area contributed by atoms with Crippen LogP contribution in [0.1, 0.15) is 35.1 Å². The van der Waals surface area contributed by atoms with E-state index in [4.69, 9.17) is 9.63 Å². The van der Waals surface area contributed by atoms with Gasteiger partial charge < -0.3 is 14.6 Å². The molecule has 0 atom stereocenters. The van der Waals surface area contributed by atoms with Crippen molar-refractivity contribution in [3.05, 3.63) is 17.8 Å². The summed E-state index contributed by atoms with van der Waals surface area (Å²) in [6, 6.07) is 0. The zero-order valence-corrected chi connectivity index (χ0v) is 8.17. The average molecular weight is 220 g/mol. The van der Waals surface area contributed by atoms with E-state index >= 15 is 0 Å². The highest BCUT2D eigenvalue weighted by molar-refractivity contribution is 5.91. The van der Waals surface area contributed by atoms with E-state index < -0.39 is 5.97 Å². The van der Waals surface area contributed by atoms with Gasteiger partial charge in [-0.05, 0) is 12.8 Å². The minimum absolute atomic E-state index is 0.106. The molecule has 0 aliphatic heterocycles. The molecule has 0 radical (unpaired) electrons. The van der Waals surface area contributed by atoms with Crippen molar-refractivity contribution in [3.63, 3.8) is 0 Å². The van der Waals surface area contributed by atoms with Crippen LogP contribution in [0.4, 0.5) is 0 Å². The molecule has 7 heteroatoms. The SMILES string of the molecule is O=C(O)c1nc[nH]c1-c1nc(C2CC2)no1. The van der Waals surface area contributed by atoms with Crippen LogP contribution in [-0.4, -0.2) is 31.2 Å². The number of nitrogens with one attached hydrogen (secondary N) is 1. The van der Waals surface area contributed by atoms with Crippen LogP contribution in [0, 0.1) is 0 Å². The second-order valence-electron chi connectivity index (χ2n) is 3.66. The Hall–Kier alpha value is -2.18. The third-order valence-electron chi connectivity index (χ3n) is 2.44. The van der Waals surface area contributed by atoms with E-state index in [-0.39, 0.29) is 17.3 Å². The number of hydrogen-bond acceptors (Lipinski definition) is 5. The molecule has 3 rings (SSSR count). The summed E-state index contributed by atoms with van der Waals surface area (Å²) in [4.78, 5) is 21.3. The van der Waals surface area contributed by atoms with Gasteiger partial charge in [-0.3, -0.25) is 0 Å². The average Bonchev–Trinajstić information content (AvgIpc) is 2.83. The summed E-state index contributed by atoms with van der Waals surface area (Å²) >= 11 is 0. The Morgan fingerprint density at radius 2 is 2.38 bits per heavy atom.